The Bertz CT molecular complexity index is 765. The molecule has 0 saturated carbocycles. The van der Waals surface area contributed by atoms with Gasteiger partial charge in [-0.05, 0) is 38.6 Å². The van der Waals surface area contributed by atoms with Crippen LogP contribution in [0.3, 0.4) is 0 Å². The summed E-state index contributed by atoms with van der Waals surface area (Å²) in [5.41, 5.74) is 3.15. The lowest BCUT2D eigenvalue weighted by Crippen LogP contribution is -2.44. The second kappa shape index (κ2) is 10.6. The van der Waals surface area contributed by atoms with Gasteiger partial charge in [0, 0.05) is 58.1 Å². The fourth-order valence-electron chi connectivity index (χ4n) is 3.11. The molecule has 2 aromatic rings. The molecule has 28 heavy (non-hydrogen) atoms. The molecule has 3 heterocycles. The number of rotatable bonds is 5. The molecule has 0 unspecified atom stereocenters. The van der Waals surface area contributed by atoms with Crippen LogP contribution in [0.1, 0.15) is 22.6 Å². The molecule has 1 aliphatic heterocycles. The first kappa shape index (κ1) is 22.4. The van der Waals surface area contributed by atoms with Crippen LogP contribution in [0.5, 0.6) is 0 Å². The monoisotopic (exact) mass is 499 g/mol. The van der Waals surface area contributed by atoms with E-state index in [-0.39, 0.29) is 24.0 Å². The third-order valence-corrected chi connectivity index (χ3v) is 4.93. The quantitative estimate of drug-likeness (QED) is 0.370. The van der Waals surface area contributed by atoms with E-state index in [0.29, 0.717) is 13.1 Å². The number of anilines is 1. The maximum absolute atomic E-state index is 5.20. The van der Waals surface area contributed by atoms with Gasteiger partial charge in [-0.25, -0.2) is 4.98 Å². The molecule has 0 bridgehead atoms. The molecule has 154 valence electrons. The normalized spacial score (nSPS) is 15.3. The number of piperazine rings is 1. The van der Waals surface area contributed by atoms with Crippen LogP contribution in [0.25, 0.3) is 0 Å². The van der Waals surface area contributed by atoms with Crippen LogP contribution in [0.15, 0.2) is 27.8 Å². The predicted octanol–water partition coefficient (Wildman–Crippen LogP) is 1.92. The standard InChI is InChI=1S/C19H29N7O.HI/c1-14-17(15(2)27-24-14)13-23-19(20-3)22-12-16-5-6-21-18(11-16)26-9-7-25(4)8-10-26;/h5-6,11H,7-10,12-13H2,1-4H3,(H2,20,22,23);1H. The van der Waals surface area contributed by atoms with Crippen LogP contribution in [-0.4, -0.2) is 61.3 Å². The smallest absolute Gasteiger partial charge is 0.191 e. The van der Waals surface area contributed by atoms with Crippen LogP contribution >= 0.6 is 24.0 Å². The molecule has 0 spiro atoms. The Labute approximate surface area is 183 Å². The van der Waals surface area contributed by atoms with E-state index in [0.717, 1.165) is 55.0 Å². The first-order valence-corrected chi connectivity index (χ1v) is 9.31. The van der Waals surface area contributed by atoms with E-state index in [1.165, 1.54) is 5.56 Å². The van der Waals surface area contributed by atoms with Crippen LogP contribution in [-0.2, 0) is 13.1 Å². The first-order chi connectivity index (χ1) is 13.1. The van der Waals surface area contributed by atoms with Crippen molar-refractivity contribution in [1.29, 1.82) is 0 Å². The molecule has 2 aromatic heterocycles. The van der Waals surface area contributed by atoms with Crippen molar-refractivity contribution in [2.45, 2.75) is 26.9 Å². The first-order valence-electron chi connectivity index (χ1n) is 9.31. The van der Waals surface area contributed by atoms with Gasteiger partial charge in [0.2, 0.25) is 0 Å². The molecule has 1 aliphatic rings. The molecule has 0 radical (unpaired) electrons. The van der Waals surface area contributed by atoms with Gasteiger partial charge < -0.3 is 25.0 Å². The minimum Gasteiger partial charge on any atom is -0.361 e. The van der Waals surface area contributed by atoms with E-state index in [2.05, 4.69) is 48.7 Å². The van der Waals surface area contributed by atoms with Gasteiger partial charge in [-0.1, -0.05) is 5.16 Å². The highest BCUT2D eigenvalue weighted by atomic mass is 127. The molecule has 0 amide bonds. The Morgan fingerprint density at radius 2 is 1.89 bits per heavy atom. The number of nitrogens with one attached hydrogen (secondary N) is 2. The van der Waals surface area contributed by atoms with Crippen LogP contribution in [0.4, 0.5) is 5.82 Å². The highest BCUT2D eigenvalue weighted by molar-refractivity contribution is 14.0. The summed E-state index contributed by atoms with van der Waals surface area (Å²) in [6.07, 6.45) is 1.88. The largest absolute Gasteiger partial charge is 0.361 e. The lowest BCUT2D eigenvalue weighted by molar-refractivity contribution is 0.312. The van der Waals surface area contributed by atoms with E-state index >= 15 is 0 Å². The maximum atomic E-state index is 5.20. The Kier molecular flexibility index (Phi) is 8.49. The van der Waals surface area contributed by atoms with Crippen molar-refractivity contribution in [2.24, 2.45) is 4.99 Å². The summed E-state index contributed by atoms with van der Waals surface area (Å²) in [4.78, 5) is 13.5. The lowest BCUT2D eigenvalue weighted by Gasteiger charge is -2.33. The summed E-state index contributed by atoms with van der Waals surface area (Å²) < 4.78 is 5.20. The van der Waals surface area contributed by atoms with E-state index < -0.39 is 0 Å². The van der Waals surface area contributed by atoms with Crippen LogP contribution < -0.4 is 15.5 Å². The van der Waals surface area contributed by atoms with Crippen molar-refractivity contribution in [3.63, 3.8) is 0 Å². The average molecular weight is 499 g/mol. The number of hydrogen-bond donors (Lipinski definition) is 2. The zero-order valence-electron chi connectivity index (χ0n) is 17.0. The number of guanidine groups is 1. The minimum atomic E-state index is 0. The number of halogens is 1. The van der Waals surface area contributed by atoms with Gasteiger partial charge in [-0.2, -0.15) is 0 Å². The van der Waals surface area contributed by atoms with E-state index in [4.69, 9.17) is 4.52 Å². The van der Waals surface area contributed by atoms with Gasteiger partial charge >= 0.3 is 0 Å². The molecule has 8 nitrogen and oxygen atoms in total. The Morgan fingerprint density at radius 1 is 1.18 bits per heavy atom. The topological polar surface area (TPSA) is 81.8 Å². The second-order valence-corrected chi connectivity index (χ2v) is 6.89. The number of likely N-dealkylation sites (N-methyl/N-ethyl adjacent to an activating group) is 1. The van der Waals surface area contributed by atoms with Crippen molar-refractivity contribution in [2.75, 3.05) is 45.2 Å². The van der Waals surface area contributed by atoms with Crippen LogP contribution in [0, 0.1) is 13.8 Å². The predicted molar refractivity (Wildman–Crippen MR) is 122 cm³/mol. The van der Waals surface area contributed by atoms with Crippen molar-refractivity contribution in [3.05, 3.63) is 40.9 Å². The number of hydrogen-bond acceptors (Lipinski definition) is 6. The van der Waals surface area contributed by atoms with Gasteiger partial charge in [0.25, 0.3) is 0 Å². The van der Waals surface area contributed by atoms with Crippen LogP contribution in [0.2, 0.25) is 0 Å². The highest BCUT2D eigenvalue weighted by Crippen LogP contribution is 2.15. The zero-order chi connectivity index (χ0) is 19.2. The molecule has 1 fully saturated rings. The molecular formula is C19H30IN7O. The van der Waals surface area contributed by atoms with Crippen molar-refractivity contribution < 1.29 is 4.52 Å². The number of aliphatic imine (C=N–C) groups is 1. The number of pyridine rings is 1. The summed E-state index contributed by atoms with van der Waals surface area (Å²) in [6.45, 7) is 9.35. The molecule has 0 atom stereocenters. The highest BCUT2D eigenvalue weighted by Gasteiger charge is 2.15. The summed E-state index contributed by atoms with van der Waals surface area (Å²) in [7, 11) is 3.93. The molecule has 0 aromatic carbocycles. The van der Waals surface area contributed by atoms with Crippen molar-refractivity contribution in [1.82, 2.24) is 25.7 Å². The molecule has 1 saturated heterocycles. The van der Waals surface area contributed by atoms with Crippen molar-refractivity contribution in [3.8, 4) is 0 Å². The van der Waals surface area contributed by atoms with Crippen molar-refractivity contribution >= 4 is 35.8 Å². The molecule has 3 rings (SSSR count). The molecule has 2 N–H and O–H groups in total. The summed E-state index contributed by atoms with van der Waals surface area (Å²) >= 11 is 0. The molecular weight excluding hydrogens is 469 g/mol. The third-order valence-electron chi connectivity index (χ3n) is 4.93. The zero-order valence-corrected chi connectivity index (χ0v) is 19.4. The molecule has 0 aliphatic carbocycles. The van der Waals surface area contributed by atoms with Gasteiger partial charge in [0.15, 0.2) is 5.96 Å². The fourth-order valence-corrected chi connectivity index (χ4v) is 3.11. The van der Waals surface area contributed by atoms with Gasteiger partial charge in [0.1, 0.15) is 11.6 Å². The Morgan fingerprint density at radius 3 is 2.54 bits per heavy atom. The molecule has 9 heteroatoms. The van der Waals surface area contributed by atoms with E-state index in [9.17, 15) is 0 Å². The number of aromatic nitrogens is 2. The summed E-state index contributed by atoms with van der Waals surface area (Å²) in [5.74, 6) is 2.62. The Balaban J connectivity index is 0.00000280. The van der Waals surface area contributed by atoms with Gasteiger partial charge in [-0.15, -0.1) is 24.0 Å². The summed E-state index contributed by atoms with van der Waals surface area (Å²) in [6, 6.07) is 4.19. The minimum absolute atomic E-state index is 0. The van der Waals surface area contributed by atoms with E-state index in [1.807, 2.05) is 26.1 Å². The van der Waals surface area contributed by atoms with E-state index in [1.54, 1.807) is 7.05 Å². The second-order valence-electron chi connectivity index (χ2n) is 6.89. The number of nitrogens with zero attached hydrogens (tertiary/aromatic N) is 5. The number of aryl methyl sites for hydroxylation is 2. The Hall–Kier alpha value is -1.88. The fraction of sp³-hybridized carbons (Fsp3) is 0.526. The third kappa shape index (κ3) is 5.81. The SMILES string of the molecule is CN=C(NCc1ccnc(N2CCN(C)CC2)c1)NCc1c(C)noc1C.I. The summed E-state index contributed by atoms with van der Waals surface area (Å²) in [5, 5.41) is 10.7. The maximum Gasteiger partial charge on any atom is 0.191 e. The van der Waals surface area contributed by atoms with Gasteiger partial charge in [-0.3, -0.25) is 4.99 Å². The average Bonchev–Trinajstić information content (AvgIpc) is 3.01. The lowest BCUT2D eigenvalue weighted by atomic mass is 10.2. The van der Waals surface area contributed by atoms with Gasteiger partial charge in [0.05, 0.1) is 5.69 Å².